The number of ether oxygens (including phenoxy) is 1. The molecule has 1 aromatic rings. The maximum atomic E-state index is 13.0. The van der Waals surface area contributed by atoms with Crippen LogP contribution in [0.5, 0.6) is 0 Å². The molecule has 0 unspecified atom stereocenters. The number of carbonyl (C=O) groups excluding carboxylic acids is 2. The van der Waals surface area contributed by atoms with Crippen LogP contribution in [-0.2, 0) is 21.9 Å². The first-order valence-corrected chi connectivity index (χ1v) is 8.24. The van der Waals surface area contributed by atoms with Crippen molar-refractivity contribution < 1.29 is 40.7 Å². The van der Waals surface area contributed by atoms with E-state index in [1.807, 2.05) is 0 Å². The van der Waals surface area contributed by atoms with Crippen LogP contribution in [0.25, 0.3) is 0 Å². The predicted molar refractivity (Wildman–Crippen MR) is 79.6 cm³/mol. The lowest BCUT2D eigenvalue weighted by Crippen LogP contribution is -2.60. The van der Waals surface area contributed by atoms with Gasteiger partial charge in [-0.3, -0.25) is 4.79 Å². The molecule has 27 heavy (non-hydrogen) atoms. The Kier molecular flexibility index (Phi) is 4.63. The zero-order chi connectivity index (χ0) is 20.0. The van der Waals surface area contributed by atoms with Crippen molar-refractivity contribution in [3.05, 3.63) is 34.9 Å². The molecule has 2 aliphatic rings. The first kappa shape index (κ1) is 19.5. The zero-order valence-electron chi connectivity index (χ0n) is 13.9. The lowest BCUT2D eigenvalue weighted by molar-refractivity contribution is -0.165. The van der Waals surface area contributed by atoms with E-state index in [1.54, 1.807) is 0 Å². The second kappa shape index (κ2) is 6.42. The summed E-state index contributed by atoms with van der Waals surface area (Å²) in [6.45, 7) is -0.237. The van der Waals surface area contributed by atoms with E-state index in [0.717, 1.165) is 4.90 Å². The van der Waals surface area contributed by atoms with E-state index >= 15 is 0 Å². The summed E-state index contributed by atoms with van der Waals surface area (Å²) < 4.78 is 83.2. The van der Waals surface area contributed by atoms with Gasteiger partial charge in [0.25, 0.3) is 5.91 Å². The number of halogens is 6. The highest BCUT2D eigenvalue weighted by Gasteiger charge is 2.52. The quantitative estimate of drug-likeness (QED) is 0.533. The Labute approximate surface area is 150 Å². The first-order chi connectivity index (χ1) is 12.4. The average Bonchev–Trinajstić information content (AvgIpc) is 3.05. The van der Waals surface area contributed by atoms with Crippen LogP contribution in [0.4, 0.5) is 26.3 Å². The molecule has 1 aliphatic heterocycles. The molecule has 1 spiro atoms. The molecule has 1 aromatic carbocycles. The maximum Gasteiger partial charge on any atom is 0.416 e. The van der Waals surface area contributed by atoms with Crippen LogP contribution in [0.2, 0.25) is 0 Å². The summed E-state index contributed by atoms with van der Waals surface area (Å²) in [6.07, 6.45) is -8.36. The predicted octanol–water partition coefficient (Wildman–Crippen LogP) is 4.04. The van der Waals surface area contributed by atoms with Crippen LogP contribution in [0.15, 0.2) is 18.2 Å². The minimum Gasteiger partial charge on any atom is -0.462 e. The van der Waals surface area contributed by atoms with Crippen LogP contribution >= 0.6 is 0 Å². The van der Waals surface area contributed by atoms with E-state index in [2.05, 4.69) is 0 Å². The van der Waals surface area contributed by atoms with Crippen LogP contribution in [0.1, 0.15) is 47.2 Å². The monoisotopic (exact) mass is 395 g/mol. The highest BCUT2D eigenvalue weighted by atomic mass is 19.4. The fourth-order valence-electron chi connectivity index (χ4n) is 3.65. The molecule has 0 bridgehead atoms. The number of esters is 1. The van der Waals surface area contributed by atoms with Crippen LogP contribution < -0.4 is 0 Å². The molecule has 2 fully saturated rings. The molecule has 10 heteroatoms. The second-order valence-corrected chi connectivity index (χ2v) is 6.63. The highest BCUT2D eigenvalue weighted by Crippen LogP contribution is 2.41. The standard InChI is InChI=1S/C17H15F6NO3/c18-16(19,20)11-7-10(8-12(9-11)17(21,22)23)13(25)24-5-6-27-14(26)15(24)3-1-2-4-15/h7-9H,1-6H2. The zero-order valence-corrected chi connectivity index (χ0v) is 13.9. The summed E-state index contributed by atoms with van der Waals surface area (Å²) in [6, 6.07) is 0.743. The molecule has 0 aromatic heterocycles. The van der Waals surface area contributed by atoms with E-state index < -0.39 is 46.5 Å². The maximum absolute atomic E-state index is 13.0. The second-order valence-electron chi connectivity index (χ2n) is 6.63. The Morgan fingerprint density at radius 1 is 0.963 bits per heavy atom. The lowest BCUT2D eigenvalue weighted by Gasteiger charge is -2.42. The molecule has 1 heterocycles. The molecule has 4 nitrogen and oxygen atoms in total. The van der Waals surface area contributed by atoms with Gasteiger partial charge in [-0.05, 0) is 31.0 Å². The molecule has 0 N–H and O–H groups in total. The van der Waals surface area contributed by atoms with E-state index in [1.165, 1.54) is 0 Å². The van der Waals surface area contributed by atoms with Crippen molar-refractivity contribution in [1.29, 1.82) is 0 Å². The molecule has 1 amide bonds. The smallest absolute Gasteiger partial charge is 0.416 e. The topological polar surface area (TPSA) is 46.6 Å². The summed E-state index contributed by atoms with van der Waals surface area (Å²) in [4.78, 5) is 26.2. The van der Waals surface area contributed by atoms with Gasteiger partial charge < -0.3 is 9.64 Å². The van der Waals surface area contributed by atoms with Crippen LogP contribution in [-0.4, -0.2) is 35.5 Å². The van der Waals surface area contributed by atoms with Gasteiger partial charge >= 0.3 is 18.3 Å². The average molecular weight is 395 g/mol. The summed E-state index contributed by atoms with van der Waals surface area (Å²) in [7, 11) is 0. The van der Waals surface area contributed by atoms with Gasteiger partial charge in [-0.15, -0.1) is 0 Å². The number of nitrogens with zero attached hydrogens (tertiary/aromatic N) is 1. The number of benzene rings is 1. The summed E-state index contributed by atoms with van der Waals surface area (Å²) in [5.41, 5.74) is -5.21. The highest BCUT2D eigenvalue weighted by molar-refractivity contribution is 5.99. The Morgan fingerprint density at radius 3 is 1.96 bits per heavy atom. The molecule has 1 aliphatic carbocycles. The van der Waals surface area contributed by atoms with Gasteiger partial charge in [0.15, 0.2) is 0 Å². The number of rotatable bonds is 1. The number of cyclic esters (lactones) is 1. The van der Waals surface area contributed by atoms with Crippen molar-refractivity contribution in [3.63, 3.8) is 0 Å². The van der Waals surface area contributed by atoms with Crippen molar-refractivity contribution >= 4 is 11.9 Å². The largest absolute Gasteiger partial charge is 0.462 e. The Balaban J connectivity index is 2.06. The minimum absolute atomic E-state index is 0.0351. The number of hydrogen-bond donors (Lipinski definition) is 0. The first-order valence-electron chi connectivity index (χ1n) is 8.24. The van der Waals surface area contributed by atoms with Crippen LogP contribution in [0, 0.1) is 0 Å². The molecule has 0 atom stereocenters. The van der Waals surface area contributed by atoms with Gasteiger partial charge in [0.2, 0.25) is 0 Å². The van der Waals surface area contributed by atoms with Crippen molar-refractivity contribution in [2.45, 2.75) is 43.6 Å². The van der Waals surface area contributed by atoms with Gasteiger partial charge in [-0.2, -0.15) is 26.3 Å². The molecule has 148 valence electrons. The van der Waals surface area contributed by atoms with Crippen molar-refractivity contribution in [2.75, 3.05) is 13.2 Å². The number of amides is 1. The third-order valence-corrected chi connectivity index (χ3v) is 4.96. The third-order valence-electron chi connectivity index (χ3n) is 4.96. The molecular formula is C17H15F6NO3. The van der Waals surface area contributed by atoms with Crippen molar-refractivity contribution in [3.8, 4) is 0 Å². The number of carbonyl (C=O) groups is 2. The summed E-state index contributed by atoms with van der Waals surface area (Å²) >= 11 is 0. The summed E-state index contributed by atoms with van der Waals surface area (Å²) in [5, 5.41) is 0. The van der Waals surface area contributed by atoms with E-state index in [-0.39, 0.29) is 32.1 Å². The normalized spacial score (nSPS) is 20.1. The molecule has 0 radical (unpaired) electrons. The summed E-state index contributed by atoms with van der Waals surface area (Å²) in [5.74, 6) is -1.70. The number of hydrogen-bond acceptors (Lipinski definition) is 3. The van der Waals surface area contributed by atoms with Crippen LogP contribution in [0.3, 0.4) is 0 Å². The molecule has 1 saturated heterocycles. The Hall–Kier alpha value is -2.26. The molecular weight excluding hydrogens is 380 g/mol. The van der Waals surface area contributed by atoms with E-state index in [9.17, 15) is 35.9 Å². The van der Waals surface area contributed by atoms with E-state index in [4.69, 9.17) is 4.74 Å². The SMILES string of the molecule is O=C(c1cc(C(F)(F)F)cc(C(F)(F)F)c1)N1CCOC(=O)C12CCCC2. The van der Waals surface area contributed by atoms with Gasteiger partial charge in [0.1, 0.15) is 12.1 Å². The van der Waals surface area contributed by atoms with Crippen molar-refractivity contribution in [2.24, 2.45) is 0 Å². The van der Waals surface area contributed by atoms with Gasteiger partial charge in [-0.25, -0.2) is 4.79 Å². The fraction of sp³-hybridized carbons (Fsp3) is 0.529. The Morgan fingerprint density at radius 2 is 1.48 bits per heavy atom. The van der Waals surface area contributed by atoms with Crippen molar-refractivity contribution in [1.82, 2.24) is 4.90 Å². The number of alkyl halides is 6. The minimum atomic E-state index is -5.05. The fourth-order valence-corrected chi connectivity index (χ4v) is 3.65. The van der Waals surface area contributed by atoms with Gasteiger partial charge in [0.05, 0.1) is 17.7 Å². The lowest BCUT2D eigenvalue weighted by atomic mass is 9.92. The Bertz CT molecular complexity index is 733. The molecule has 1 saturated carbocycles. The molecule has 3 rings (SSSR count). The third kappa shape index (κ3) is 3.49. The van der Waals surface area contributed by atoms with Gasteiger partial charge in [0, 0.05) is 5.56 Å². The number of morpholine rings is 1. The van der Waals surface area contributed by atoms with E-state index in [0.29, 0.717) is 25.0 Å². The van der Waals surface area contributed by atoms with Gasteiger partial charge in [-0.1, -0.05) is 12.8 Å².